The number of amides is 2. The van der Waals surface area contributed by atoms with Gasteiger partial charge in [-0.25, -0.2) is 10.4 Å². The number of aromatic nitrogens is 1. The fraction of sp³-hybridized carbons (Fsp3) is 0.0526. The van der Waals surface area contributed by atoms with Crippen molar-refractivity contribution in [1.82, 2.24) is 10.4 Å². The van der Waals surface area contributed by atoms with Crippen LogP contribution in [0.1, 0.15) is 11.1 Å². The van der Waals surface area contributed by atoms with Crippen LogP contribution in [0.25, 0.3) is 10.9 Å². The molecule has 27 heavy (non-hydrogen) atoms. The zero-order valence-corrected chi connectivity index (χ0v) is 15.7. The second-order valence-electron chi connectivity index (χ2n) is 5.72. The summed E-state index contributed by atoms with van der Waals surface area (Å²) in [6.07, 6.45) is 1.34. The minimum Gasteiger partial charge on any atom is -0.318 e. The van der Waals surface area contributed by atoms with Crippen molar-refractivity contribution in [1.29, 1.82) is 0 Å². The molecule has 0 aliphatic rings. The number of pyridine rings is 1. The molecule has 136 valence electrons. The van der Waals surface area contributed by atoms with Gasteiger partial charge < -0.3 is 5.32 Å². The third-order valence-corrected chi connectivity index (χ3v) is 4.19. The molecule has 2 N–H and O–H groups in total. The minimum absolute atomic E-state index is 0.247. The molecular weight excluding hydrogens is 387 g/mol. The maximum atomic E-state index is 11.8. The molecule has 0 radical (unpaired) electrons. The van der Waals surface area contributed by atoms with Crippen LogP contribution in [0.4, 0.5) is 5.69 Å². The van der Waals surface area contributed by atoms with Gasteiger partial charge in [-0.15, -0.1) is 0 Å². The Morgan fingerprint density at radius 2 is 1.78 bits per heavy atom. The molecule has 0 bridgehead atoms. The first-order chi connectivity index (χ1) is 12.9. The number of halogens is 2. The van der Waals surface area contributed by atoms with E-state index in [2.05, 4.69) is 20.8 Å². The number of carbonyl (C=O) groups excluding carboxylic acids is 2. The molecule has 8 heteroatoms. The maximum absolute atomic E-state index is 11.8. The van der Waals surface area contributed by atoms with Gasteiger partial charge in [0.1, 0.15) is 5.15 Å². The summed E-state index contributed by atoms with van der Waals surface area (Å²) in [5.41, 5.74) is 4.96. The number of aryl methyl sites for hydroxylation is 1. The Hall–Kier alpha value is -2.96. The van der Waals surface area contributed by atoms with Gasteiger partial charge in [0.05, 0.1) is 11.7 Å². The lowest BCUT2D eigenvalue weighted by Gasteiger charge is -2.04. The fourth-order valence-electron chi connectivity index (χ4n) is 2.29. The Morgan fingerprint density at radius 1 is 1.04 bits per heavy atom. The Kier molecular flexibility index (Phi) is 5.69. The van der Waals surface area contributed by atoms with Gasteiger partial charge in [-0.3, -0.25) is 9.59 Å². The molecule has 0 aliphatic carbocycles. The van der Waals surface area contributed by atoms with Crippen molar-refractivity contribution in [3.05, 3.63) is 69.8 Å². The Labute approximate surface area is 165 Å². The molecule has 0 unspecified atom stereocenters. The lowest BCUT2D eigenvalue weighted by molar-refractivity contribution is -0.136. The standard InChI is InChI=1S/C19H14Cl2N4O2/c1-11-2-3-12-9-13(17(21)24-16(12)8-11)10-22-25-19(27)18(26)23-15-6-4-14(20)5-7-15/h2-10H,1H3,(H,23,26)(H,25,27)/b22-10+. The SMILES string of the molecule is Cc1ccc2cc(/C=N/NC(=O)C(=O)Nc3ccc(Cl)cc3)c(Cl)nc2c1. The van der Waals surface area contributed by atoms with Gasteiger partial charge in [0, 0.05) is 21.7 Å². The highest BCUT2D eigenvalue weighted by molar-refractivity contribution is 6.39. The van der Waals surface area contributed by atoms with Crippen LogP contribution >= 0.6 is 23.2 Å². The Morgan fingerprint density at radius 3 is 2.52 bits per heavy atom. The van der Waals surface area contributed by atoms with E-state index in [0.717, 1.165) is 16.5 Å². The van der Waals surface area contributed by atoms with Crippen molar-refractivity contribution >= 4 is 57.8 Å². The Balaban J connectivity index is 1.65. The number of hydrogen-bond acceptors (Lipinski definition) is 4. The van der Waals surface area contributed by atoms with E-state index < -0.39 is 11.8 Å². The third-order valence-electron chi connectivity index (χ3n) is 3.63. The van der Waals surface area contributed by atoms with Crippen LogP contribution in [-0.2, 0) is 9.59 Å². The van der Waals surface area contributed by atoms with Gasteiger partial charge >= 0.3 is 11.8 Å². The third kappa shape index (κ3) is 4.81. The number of anilines is 1. The molecular formula is C19H14Cl2N4O2. The lowest BCUT2D eigenvalue weighted by Crippen LogP contribution is -2.32. The molecule has 2 aromatic carbocycles. The molecule has 0 saturated carbocycles. The topological polar surface area (TPSA) is 83.5 Å². The average Bonchev–Trinajstić information content (AvgIpc) is 2.64. The first kappa shape index (κ1) is 18.8. The van der Waals surface area contributed by atoms with Crippen LogP contribution < -0.4 is 10.7 Å². The van der Waals surface area contributed by atoms with Gasteiger partial charge in [-0.2, -0.15) is 5.10 Å². The van der Waals surface area contributed by atoms with E-state index in [1.165, 1.54) is 6.21 Å². The van der Waals surface area contributed by atoms with Gasteiger partial charge in [0.15, 0.2) is 0 Å². The van der Waals surface area contributed by atoms with Gasteiger partial charge in [-0.05, 0) is 48.9 Å². The van der Waals surface area contributed by atoms with Crippen molar-refractivity contribution < 1.29 is 9.59 Å². The van der Waals surface area contributed by atoms with Crippen LogP contribution in [0.3, 0.4) is 0 Å². The first-order valence-corrected chi connectivity index (χ1v) is 8.65. The number of nitrogens with one attached hydrogen (secondary N) is 2. The Bertz CT molecular complexity index is 1050. The zero-order chi connectivity index (χ0) is 19.4. The first-order valence-electron chi connectivity index (χ1n) is 7.89. The summed E-state index contributed by atoms with van der Waals surface area (Å²) in [5.74, 6) is -1.77. The summed E-state index contributed by atoms with van der Waals surface area (Å²) in [7, 11) is 0. The van der Waals surface area contributed by atoms with Gasteiger partial charge in [0.25, 0.3) is 0 Å². The van der Waals surface area contributed by atoms with Gasteiger partial charge in [0.2, 0.25) is 0 Å². The molecule has 1 heterocycles. The van der Waals surface area contributed by atoms with Crippen molar-refractivity contribution in [3.8, 4) is 0 Å². The summed E-state index contributed by atoms with van der Waals surface area (Å²) in [5, 5.41) is 7.87. The molecule has 6 nitrogen and oxygen atoms in total. The normalized spacial score (nSPS) is 10.9. The average molecular weight is 401 g/mol. The number of hydrogen-bond donors (Lipinski definition) is 2. The van der Waals surface area contributed by atoms with Crippen molar-refractivity contribution in [2.24, 2.45) is 5.10 Å². The van der Waals surface area contributed by atoms with Crippen molar-refractivity contribution in [3.63, 3.8) is 0 Å². The highest BCUT2D eigenvalue weighted by Gasteiger charge is 2.13. The monoisotopic (exact) mass is 400 g/mol. The summed E-state index contributed by atoms with van der Waals surface area (Å²) in [6, 6.07) is 14.0. The molecule has 0 fully saturated rings. The second kappa shape index (κ2) is 8.16. The lowest BCUT2D eigenvalue weighted by atomic mass is 10.1. The number of nitrogens with zero attached hydrogens (tertiary/aromatic N) is 2. The summed E-state index contributed by atoms with van der Waals surface area (Å²) < 4.78 is 0. The maximum Gasteiger partial charge on any atom is 0.329 e. The van der Waals surface area contributed by atoms with E-state index in [1.807, 2.05) is 25.1 Å². The predicted molar refractivity (Wildman–Crippen MR) is 107 cm³/mol. The smallest absolute Gasteiger partial charge is 0.318 e. The fourth-order valence-corrected chi connectivity index (χ4v) is 2.61. The van der Waals surface area contributed by atoms with Crippen LogP contribution in [0, 0.1) is 6.92 Å². The molecule has 0 saturated heterocycles. The molecule has 0 spiro atoms. The molecule has 2 amide bonds. The predicted octanol–water partition coefficient (Wildman–Crippen LogP) is 3.94. The van der Waals surface area contributed by atoms with E-state index >= 15 is 0 Å². The number of hydrazone groups is 1. The van der Waals surface area contributed by atoms with Crippen molar-refractivity contribution in [2.45, 2.75) is 6.92 Å². The molecule has 0 atom stereocenters. The number of benzene rings is 2. The van der Waals surface area contributed by atoms with E-state index in [0.29, 0.717) is 16.3 Å². The molecule has 0 aliphatic heterocycles. The number of carbonyl (C=O) groups is 2. The van der Waals surface area contributed by atoms with Crippen molar-refractivity contribution in [2.75, 3.05) is 5.32 Å². The number of fused-ring (bicyclic) bond motifs is 1. The van der Waals surface area contributed by atoms with Crippen LogP contribution in [0.15, 0.2) is 53.6 Å². The van der Waals surface area contributed by atoms with E-state index in [9.17, 15) is 9.59 Å². The molecule has 1 aromatic heterocycles. The molecule has 3 aromatic rings. The highest BCUT2D eigenvalue weighted by atomic mass is 35.5. The number of rotatable bonds is 3. The summed E-state index contributed by atoms with van der Waals surface area (Å²) in [4.78, 5) is 28.0. The minimum atomic E-state index is -0.915. The van der Waals surface area contributed by atoms with E-state index in [1.54, 1.807) is 30.3 Å². The van der Waals surface area contributed by atoms with Crippen LogP contribution in [0.5, 0.6) is 0 Å². The summed E-state index contributed by atoms with van der Waals surface area (Å²) in [6.45, 7) is 1.97. The largest absolute Gasteiger partial charge is 0.329 e. The highest BCUT2D eigenvalue weighted by Crippen LogP contribution is 2.20. The zero-order valence-electron chi connectivity index (χ0n) is 14.2. The van der Waals surface area contributed by atoms with Crippen LogP contribution in [-0.4, -0.2) is 23.0 Å². The second-order valence-corrected chi connectivity index (χ2v) is 6.52. The quantitative estimate of drug-likeness (QED) is 0.302. The molecule has 3 rings (SSSR count). The summed E-state index contributed by atoms with van der Waals surface area (Å²) >= 11 is 11.9. The van der Waals surface area contributed by atoms with Crippen LogP contribution in [0.2, 0.25) is 10.2 Å². The van der Waals surface area contributed by atoms with Gasteiger partial charge in [-0.1, -0.05) is 35.3 Å². The van der Waals surface area contributed by atoms with E-state index in [-0.39, 0.29) is 5.15 Å². The van der Waals surface area contributed by atoms with E-state index in [4.69, 9.17) is 23.2 Å².